The maximum atomic E-state index is 10.9. The molecule has 0 bridgehead atoms. The lowest BCUT2D eigenvalue weighted by Crippen LogP contribution is -2.29. The number of anilines is 2. The van der Waals surface area contributed by atoms with E-state index in [1.807, 2.05) is 4.90 Å². The zero-order valence-corrected chi connectivity index (χ0v) is 9.87. The molecule has 7 nitrogen and oxygen atoms in total. The average Bonchev–Trinajstić information content (AvgIpc) is 3.19. The number of benzene rings is 1. The molecule has 0 radical (unpaired) electrons. The second-order valence-corrected chi connectivity index (χ2v) is 4.29. The molecule has 0 heterocycles. The van der Waals surface area contributed by atoms with Crippen molar-refractivity contribution in [3.63, 3.8) is 0 Å². The number of nitrogen functional groups attached to an aromatic ring is 1. The average molecular weight is 252 g/mol. The van der Waals surface area contributed by atoms with E-state index in [4.69, 9.17) is 10.9 Å². The minimum Gasteiger partial charge on any atom is -0.395 e. The molecule has 0 aromatic heterocycles. The number of nitrogens with zero attached hydrogens (tertiary/aromatic N) is 2. The second-order valence-electron chi connectivity index (χ2n) is 4.29. The smallest absolute Gasteiger partial charge is 0.273 e. The highest BCUT2D eigenvalue weighted by Crippen LogP contribution is 2.34. The van der Waals surface area contributed by atoms with Crippen LogP contribution in [-0.4, -0.2) is 29.2 Å². The van der Waals surface area contributed by atoms with Crippen LogP contribution in [0.2, 0.25) is 0 Å². The first kappa shape index (κ1) is 12.6. The van der Waals surface area contributed by atoms with E-state index >= 15 is 0 Å². The van der Waals surface area contributed by atoms with Crippen LogP contribution in [0.1, 0.15) is 12.8 Å². The number of nitro benzene ring substituents is 1. The van der Waals surface area contributed by atoms with Gasteiger partial charge < -0.3 is 15.4 Å². The summed E-state index contributed by atoms with van der Waals surface area (Å²) >= 11 is 0. The van der Waals surface area contributed by atoms with Crippen molar-refractivity contribution in [2.24, 2.45) is 5.84 Å². The van der Waals surface area contributed by atoms with Gasteiger partial charge >= 0.3 is 0 Å². The Morgan fingerprint density at radius 2 is 2.22 bits per heavy atom. The van der Waals surface area contributed by atoms with Crippen molar-refractivity contribution in [1.82, 2.24) is 0 Å². The third-order valence-corrected chi connectivity index (χ3v) is 2.94. The lowest BCUT2D eigenvalue weighted by molar-refractivity contribution is -0.384. The monoisotopic (exact) mass is 252 g/mol. The fourth-order valence-corrected chi connectivity index (χ4v) is 1.97. The van der Waals surface area contributed by atoms with E-state index < -0.39 is 4.92 Å². The topological polar surface area (TPSA) is 105 Å². The molecule has 4 N–H and O–H groups in total. The minimum atomic E-state index is -0.450. The van der Waals surface area contributed by atoms with E-state index in [9.17, 15) is 10.1 Å². The lowest BCUT2D eigenvalue weighted by Gasteiger charge is -2.24. The van der Waals surface area contributed by atoms with Gasteiger partial charge in [0.1, 0.15) is 0 Å². The molecule has 0 unspecified atom stereocenters. The molecular formula is C11H16N4O3. The summed E-state index contributed by atoms with van der Waals surface area (Å²) in [6.45, 7) is 0.487. The molecule has 1 saturated carbocycles. The number of nitro groups is 1. The van der Waals surface area contributed by atoms with Crippen molar-refractivity contribution in [1.29, 1.82) is 0 Å². The van der Waals surface area contributed by atoms with Gasteiger partial charge in [0.2, 0.25) is 0 Å². The van der Waals surface area contributed by atoms with Crippen molar-refractivity contribution in [3.8, 4) is 0 Å². The molecular weight excluding hydrogens is 236 g/mol. The summed E-state index contributed by atoms with van der Waals surface area (Å²) in [5, 5.41) is 19.9. The van der Waals surface area contributed by atoms with Crippen molar-refractivity contribution in [3.05, 3.63) is 28.3 Å². The van der Waals surface area contributed by atoms with Crippen molar-refractivity contribution in [2.75, 3.05) is 23.5 Å². The maximum Gasteiger partial charge on any atom is 0.273 e. The minimum absolute atomic E-state index is 0.0101. The SMILES string of the molecule is NNc1cc(N(CCO)C2CC2)cc([N+](=O)[O-])c1. The van der Waals surface area contributed by atoms with Crippen LogP contribution in [0.15, 0.2) is 18.2 Å². The van der Waals surface area contributed by atoms with Gasteiger partial charge in [0, 0.05) is 30.4 Å². The molecule has 1 fully saturated rings. The number of non-ortho nitro benzene ring substituents is 1. The Hall–Kier alpha value is -1.86. The van der Waals surface area contributed by atoms with Crippen LogP contribution < -0.4 is 16.2 Å². The summed E-state index contributed by atoms with van der Waals surface area (Å²) in [4.78, 5) is 12.4. The Morgan fingerprint density at radius 3 is 2.72 bits per heavy atom. The highest BCUT2D eigenvalue weighted by Gasteiger charge is 2.29. The van der Waals surface area contributed by atoms with Gasteiger partial charge in [-0.2, -0.15) is 0 Å². The van der Waals surface area contributed by atoms with Gasteiger partial charge in [-0.15, -0.1) is 0 Å². The first-order valence-corrected chi connectivity index (χ1v) is 5.79. The van der Waals surface area contributed by atoms with Crippen molar-refractivity contribution < 1.29 is 10.0 Å². The van der Waals surface area contributed by atoms with Gasteiger partial charge in [0.05, 0.1) is 17.2 Å². The van der Waals surface area contributed by atoms with Gasteiger partial charge in [-0.05, 0) is 18.9 Å². The summed E-state index contributed by atoms with van der Waals surface area (Å²) in [5.74, 6) is 5.31. The largest absolute Gasteiger partial charge is 0.395 e. The number of hydrazine groups is 1. The number of aliphatic hydroxyl groups is 1. The Bertz CT molecular complexity index is 448. The van der Waals surface area contributed by atoms with Gasteiger partial charge in [-0.25, -0.2) is 0 Å². The zero-order valence-electron chi connectivity index (χ0n) is 9.87. The molecule has 2 rings (SSSR count). The highest BCUT2D eigenvalue weighted by atomic mass is 16.6. The van der Waals surface area contributed by atoms with Crippen LogP contribution in [0.5, 0.6) is 0 Å². The molecule has 0 atom stereocenters. The first-order valence-electron chi connectivity index (χ1n) is 5.79. The van der Waals surface area contributed by atoms with E-state index in [0.717, 1.165) is 12.8 Å². The molecule has 1 aromatic carbocycles. The Kier molecular flexibility index (Phi) is 3.63. The van der Waals surface area contributed by atoms with E-state index in [2.05, 4.69) is 5.43 Å². The van der Waals surface area contributed by atoms with Crippen LogP contribution in [0.4, 0.5) is 17.1 Å². The predicted molar refractivity (Wildman–Crippen MR) is 68.4 cm³/mol. The Morgan fingerprint density at radius 1 is 1.50 bits per heavy atom. The fraction of sp³-hybridized carbons (Fsp3) is 0.455. The van der Waals surface area contributed by atoms with Gasteiger partial charge in [0.15, 0.2) is 0 Å². The van der Waals surface area contributed by atoms with Crippen LogP contribution in [-0.2, 0) is 0 Å². The molecule has 1 aliphatic carbocycles. The number of aliphatic hydroxyl groups excluding tert-OH is 1. The standard InChI is InChI=1S/C11H16N4O3/c12-13-8-5-10(7-11(6-8)15(17)18)14(3-4-16)9-1-2-9/h5-7,9,13,16H,1-4,12H2. The van der Waals surface area contributed by atoms with Crippen molar-refractivity contribution >= 4 is 17.1 Å². The molecule has 7 heteroatoms. The number of hydrogen-bond donors (Lipinski definition) is 3. The van der Waals surface area contributed by atoms with Gasteiger partial charge in [0.25, 0.3) is 5.69 Å². The molecule has 1 aromatic rings. The molecule has 0 amide bonds. The van der Waals surface area contributed by atoms with Crippen LogP contribution >= 0.6 is 0 Å². The number of nitrogens with one attached hydrogen (secondary N) is 1. The summed E-state index contributed by atoms with van der Waals surface area (Å²) in [7, 11) is 0. The second kappa shape index (κ2) is 5.19. The summed E-state index contributed by atoms with van der Waals surface area (Å²) < 4.78 is 0. The first-order chi connectivity index (χ1) is 8.65. The van der Waals surface area contributed by atoms with Crippen LogP contribution in [0, 0.1) is 10.1 Å². The van der Waals surface area contributed by atoms with E-state index in [1.54, 1.807) is 6.07 Å². The van der Waals surface area contributed by atoms with E-state index in [1.165, 1.54) is 12.1 Å². The molecule has 0 aliphatic heterocycles. The third kappa shape index (κ3) is 2.69. The maximum absolute atomic E-state index is 10.9. The molecule has 0 spiro atoms. The van der Waals surface area contributed by atoms with E-state index in [0.29, 0.717) is 24.0 Å². The normalized spacial score (nSPS) is 14.3. The van der Waals surface area contributed by atoms with Gasteiger partial charge in [-0.1, -0.05) is 0 Å². The number of hydrogen-bond acceptors (Lipinski definition) is 6. The quantitative estimate of drug-likeness (QED) is 0.393. The molecule has 0 saturated heterocycles. The number of rotatable bonds is 6. The summed E-state index contributed by atoms with van der Waals surface area (Å²) in [6.07, 6.45) is 2.10. The molecule has 98 valence electrons. The molecule has 18 heavy (non-hydrogen) atoms. The highest BCUT2D eigenvalue weighted by molar-refractivity contribution is 5.65. The van der Waals surface area contributed by atoms with Crippen LogP contribution in [0.25, 0.3) is 0 Å². The van der Waals surface area contributed by atoms with Crippen LogP contribution in [0.3, 0.4) is 0 Å². The fourth-order valence-electron chi connectivity index (χ4n) is 1.97. The Balaban J connectivity index is 2.34. The van der Waals surface area contributed by atoms with E-state index in [-0.39, 0.29) is 12.3 Å². The van der Waals surface area contributed by atoms with Crippen molar-refractivity contribution in [2.45, 2.75) is 18.9 Å². The predicted octanol–water partition coefficient (Wildman–Crippen LogP) is 0.841. The summed E-state index contributed by atoms with van der Waals surface area (Å²) in [6, 6.07) is 5.01. The Labute approximate surface area is 104 Å². The number of nitrogens with two attached hydrogens (primary N) is 1. The lowest BCUT2D eigenvalue weighted by atomic mass is 10.2. The third-order valence-electron chi connectivity index (χ3n) is 2.94. The molecule has 1 aliphatic rings. The zero-order chi connectivity index (χ0) is 13.1. The van der Waals surface area contributed by atoms with Gasteiger partial charge in [-0.3, -0.25) is 16.0 Å². The summed E-state index contributed by atoms with van der Waals surface area (Å²) in [5.41, 5.74) is 3.62.